The molecule has 1 aromatic heterocycles. The summed E-state index contributed by atoms with van der Waals surface area (Å²) in [5.74, 6) is 0.369. The van der Waals surface area contributed by atoms with E-state index in [4.69, 9.17) is 9.47 Å². The highest BCUT2D eigenvalue weighted by molar-refractivity contribution is 7.93. The summed E-state index contributed by atoms with van der Waals surface area (Å²) in [6.45, 7) is 10.5. The quantitative estimate of drug-likeness (QED) is 0.297. The minimum Gasteiger partial charge on any atom is -0.492 e. The number of sulfonamides is 1. The van der Waals surface area contributed by atoms with E-state index in [0.717, 1.165) is 43.1 Å². The predicted octanol–water partition coefficient (Wildman–Crippen LogP) is 5.27. The molecule has 0 spiro atoms. The normalized spacial score (nSPS) is 19.9. The molecule has 0 unspecified atom stereocenters. The maximum absolute atomic E-state index is 15.6. The van der Waals surface area contributed by atoms with Gasteiger partial charge in [-0.25, -0.2) is 18.2 Å². The summed E-state index contributed by atoms with van der Waals surface area (Å²) in [5.41, 5.74) is -1.48. The van der Waals surface area contributed by atoms with Gasteiger partial charge in [-0.15, -0.1) is 0 Å². The van der Waals surface area contributed by atoms with Crippen molar-refractivity contribution < 1.29 is 27.5 Å². The molecule has 0 aliphatic carbocycles. The molecule has 0 bridgehead atoms. The smallest absolute Gasteiger partial charge is 0.321 e. The Hall–Kier alpha value is -4.67. The molecule has 3 aromatic rings. The number of hydrogen-bond donors (Lipinski definition) is 1. The molecule has 4 heterocycles. The van der Waals surface area contributed by atoms with E-state index in [1.807, 2.05) is 0 Å². The van der Waals surface area contributed by atoms with Gasteiger partial charge in [-0.05, 0) is 121 Å². The number of piperidine rings is 2. The number of ether oxygens (including phenoxy) is 2. The van der Waals surface area contributed by atoms with Crippen molar-refractivity contribution in [2.45, 2.75) is 69.9 Å². The largest absolute Gasteiger partial charge is 0.492 e. The minimum absolute atomic E-state index is 0.0275. The Labute approximate surface area is 300 Å². The van der Waals surface area contributed by atoms with Crippen molar-refractivity contribution in [3.63, 3.8) is 0 Å². The number of carbonyl (C=O) groups is 2. The summed E-state index contributed by atoms with van der Waals surface area (Å²) >= 11 is 0. The van der Waals surface area contributed by atoms with Gasteiger partial charge in [0.1, 0.15) is 10.6 Å². The second-order valence-corrected chi connectivity index (χ2v) is 15.2. The number of nitrogens with zero attached hydrogens (tertiary/aromatic N) is 5. The highest BCUT2D eigenvalue weighted by Gasteiger charge is 2.63. The number of urea groups is 1. The van der Waals surface area contributed by atoms with E-state index >= 15 is 9.59 Å². The zero-order valence-electron chi connectivity index (χ0n) is 29.7. The van der Waals surface area contributed by atoms with Crippen LogP contribution in [-0.2, 0) is 20.4 Å². The average Bonchev–Trinajstić information content (AvgIpc) is 3.40. The summed E-state index contributed by atoms with van der Waals surface area (Å²) in [6, 6.07) is 15.0. The van der Waals surface area contributed by atoms with Crippen LogP contribution in [0, 0.1) is 23.2 Å². The number of para-hydroxylation sites is 1. The van der Waals surface area contributed by atoms with Crippen LogP contribution in [0.2, 0.25) is 0 Å². The van der Waals surface area contributed by atoms with Crippen LogP contribution in [0.25, 0.3) is 0 Å². The van der Waals surface area contributed by atoms with Gasteiger partial charge in [-0.2, -0.15) is 9.57 Å². The fourth-order valence-corrected chi connectivity index (χ4v) is 9.64. The summed E-state index contributed by atoms with van der Waals surface area (Å²) in [7, 11) is -4.65. The van der Waals surface area contributed by atoms with Gasteiger partial charge < -0.3 is 19.7 Å². The van der Waals surface area contributed by atoms with Gasteiger partial charge in [-0.3, -0.25) is 9.69 Å². The Balaban J connectivity index is 1.56. The first-order valence-electron chi connectivity index (χ1n) is 17.8. The number of fused-ring (bicyclic) bond motifs is 1. The number of rotatable bonds is 10. The average molecular weight is 715 g/mol. The molecule has 2 saturated heterocycles. The van der Waals surface area contributed by atoms with E-state index in [1.165, 1.54) is 41.4 Å². The molecule has 270 valence electrons. The number of amides is 3. The fourth-order valence-electron chi connectivity index (χ4n) is 8.04. The summed E-state index contributed by atoms with van der Waals surface area (Å²) in [6.07, 6.45) is 5.43. The van der Waals surface area contributed by atoms with E-state index in [9.17, 15) is 13.7 Å². The Morgan fingerprint density at radius 2 is 1.69 bits per heavy atom. The van der Waals surface area contributed by atoms with Crippen molar-refractivity contribution in [3.8, 4) is 17.7 Å². The SMILES string of the molecule is CCOc1ccccc1S(=O)(=O)N1C(=O)[C@@](c2cccnc2OCC)(N(C(=O)N2CCC(C3CCNCC3)CC2)C(C)C)c2cc(C#N)ccc21. The van der Waals surface area contributed by atoms with Crippen molar-refractivity contribution in [2.75, 3.05) is 43.7 Å². The lowest BCUT2D eigenvalue weighted by atomic mass is 9.79. The molecule has 12 nitrogen and oxygen atoms in total. The minimum atomic E-state index is -4.65. The molecule has 2 aromatic carbocycles. The van der Waals surface area contributed by atoms with Gasteiger partial charge in [0.25, 0.3) is 15.9 Å². The second-order valence-electron chi connectivity index (χ2n) is 13.5. The molecule has 3 amide bonds. The van der Waals surface area contributed by atoms with Crippen LogP contribution in [0.3, 0.4) is 0 Å². The van der Waals surface area contributed by atoms with Crippen LogP contribution in [-0.4, -0.2) is 80.6 Å². The number of aromatic nitrogens is 1. The first-order valence-corrected chi connectivity index (χ1v) is 19.3. The molecule has 51 heavy (non-hydrogen) atoms. The monoisotopic (exact) mass is 714 g/mol. The van der Waals surface area contributed by atoms with Gasteiger partial charge in [-0.1, -0.05) is 12.1 Å². The Morgan fingerprint density at radius 1 is 1.00 bits per heavy atom. The lowest BCUT2D eigenvalue weighted by Crippen LogP contribution is -2.62. The van der Waals surface area contributed by atoms with E-state index in [0.29, 0.717) is 24.9 Å². The van der Waals surface area contributed by atoms with Crippen molar-refractivity contribution in [1.82, 2.24) is 20.1 Å². The van der Waals surface area contributed by atoms with Gasteiger partial charge in [0.15, 0.2) is 5.54 Å². The van der Waals surface area contributed by atoms with Crippen LogP contribution in [0.15, 0.2) is 65.7 Å². The highest BCUT2D eigenvalue weighted by Crippen LogP contribution is 2.54. The summed E-state index contributed by atoms with van der Waals surface area (Å²) in [5, 5.41) is 13.5. The maximum atomic E-state index is 15.6. The first kappa shape index (κ1) is 36.1. The lowest BCUT2D eigenvalue weighted by molar-refractivity contribution is -0.126. The molecule has 0 saturated carbocycles. The highest BCUT2D eigenvalue weighted by atomic mass is 32.2. The summed E-state index contributed by atoms with van der Waals surface area (Å²) < 4.78 is 42.2. The third-order valence-corrected chi connectivity index (χ3v) is 12.0. The van der Waals surface area contributed by atoms with Crippen LogP contribution < -0.4 is 19.1 Å². The zero-order valence-corrected chi connectivity index (χ0v) is 30.5. The van der Waals surface area contributed by atoms with Crippen molar-refractivity contribution in [1.29, 1.82) is 5.26 Å². The van der Waals surface area contributed by atoms with Crippen LogP contribution in [0.5, 0.6) is 11.6 Å². The molecule has 1 N–H and O–H groups in total. The predicted molar refractivity (Wildman–Crippen MR) is 192 cm³/mol. The number of nitriles is 1. The Morgan fingerprint density at radius 3 is 2.35 bits per heavy atom. The first-order chi connectivity index (χ1) is 24.6. The van der Waals surface area contributed by atoms with E-state index in [-0.39, 0.29) is 52.1 Å². The molecule has 13 heteroatoms. The molecular formula is C38H46N6O6S. The van der Waals surface area contributed by atoms with Crippen LogP contribution in [0.4, 0.5) is 10.5 Å². The van der Waals surface area contributed by atoms with Gasteiger partial charge >= 0.3 is 6.03 Å². The topological polar surface area (TPSA) is 145 Å². The molecule has 3 aliphatic rings. The molecule has 6 rings (SSSR count). The lowest BCUT2D eigenvalue weighted by Gasteiger charge is -2.46. The number of benzene rings is 2. The maximum Gasteiger partial charge on any atom is 0.321 e. The Bertz CT molecular complexity index is 1920. The number of nitrogens with one attached hydrogen (secondary N) is 1. The van der Waals surface area contributed by atoms with Crippen molar-refractivity contribution >= 4 is 27.6 Å². The zero-order chi connectivity index (χ0) is 36.3. The summed E-state index contributed by atoms with van der Waals surface area (Å²) in [4.78, 5) is 38.3. The van der Waals surface area contributed by atoms with E-state index < -0.39 is 33.5 Å². The Kier molecular flexibility index (Phi) is 10.6. The number of anilines is 1. The van der Waals surface area contributed by atoms with Gasteiger partial charge in [0.2, 0.25) is 5.88 Å². The van der Waals surface area contributed by atoms with Crippen molar-refractivity contribution in [3.05, 3.63) is 77.5 Å². The third kappa shape index (κ3) is 6.29. The molecule has 0 radical (unpaired) electrons. The third-order valence-electron chi connectivity index (χ3n) is 10.3. The van der Waals surface area contributed by atoms with Crippen LogP contribution in [0.1, 0.15) is 70.1 Å². The van der Waals surface area contributed by atoms with E-state index in [1.54, 1.807) is 56.9 Å². The fraction of sp³-hybridized carbons (Fsp3) is 0.474. The number of likely N-dealkylation sites (tertiary alicyclic amines) is 1. The molecule has 2 fully saturated rings. The number of hydrogen-bond acceptors (Lipinski definition) is 9. The number of pyridine rings is 1. The van der Waals surface area contributed by atoms with Gasteiger partial charge in [0.05, 0.1) is 36.1 Å². The second kappa shape index (κ2) is 14.9. The molecular weight excluding hydrogens is 669 g/mol. The molecule has 1 atom stereocenters. The molecule has 3 aliphatic heterocycles. The van der Waals surface area contributed by atoms with Crippen molar-refractivity contribution in [2.24, 2.45) is 11.8 Å². The van der Waals surface area contributed by atoms with E-state index in [2.05, 4.69) is 16.4 Å². The van der Waals surface area contributed by atoms with Gasteiger partial charge in [0, 0.05) is 30.9 Å². The standard InChI is InChI=1S/C38H46N6O6S/c1-5-49-33-11-7-8-12-34(33)51(47,48)44-32-14-13-27(25-39)24-31(32)38(36(44)45,30-10-9-19-41-35(30)50-6-2)43(26(3)4)37(46)42-22-17-29(18-23-42)28-15-20-40-21-16-28/h7-14,19,24,26,28-29,40H,5-6,15-18,20-23H2,1-4H3/t38-/m0/s1. The van der Waals surface area contributed by atoms with Crippen LogP contribution >= 0.6 is 0 Å². The number of carbonyl (C=O) groups excluding carboxylic acids is 2.